The maximum Gasteiger partial charge on any atom is 0.308 e. The van der Waals surface area contributed by atoms with Crippen LogP contribution in [0.3, 0.4) is 0 Å². The number of phenols is 1. The van der Waals surface area contributed by atoms with Crippen molar-refractivity contribution >= 4 is 11.8 Å². The van der Waals surface area contributed by atoms with Crippen molar-refractivity contribution in [2.75, 3.05) is 0 Å². The Labute approximate surface area is 116 Å². The smallest absolute Gasteiger partial charge is 0.308 e. The third-order valence-electron chi connectivity index (χ3n) is 2.58. The number of rotatable bonds is 2. The Morgan fingerprint density at radius 2 is 2.15 bits per heavy atom. The van der Waals surface area contributed by atoms with Crippen LogP contribution in [0.2, 0.25) is 0 Å². The van der Waals surface area contributed by atoms with E-state index in [-0.39, 0.29) is 17.1 Å². The summed E-state index contributed by atoms with van der Waals surface area (Å²) >= 11 is 0. The predicted octanol–water partition coefficient (Wildman–Crippen LogP) is 2.39. The molecule has 0 aromatic heterocycles. The Bertz CT molecular complexity index is 684. The van der Waals surface area contributed by atoms with Crippen LogP contribution in [0, 0.1) is 11.8 Å². The number of carbonyl (C=O) groups excluding carboxylic acids is 2. The molecule has 2 rings (SSSR count). The van der Waals surface area contributed by atoms with Crippen LogP contribution in [0.1, 0.15) is 23.7 Å². The minimum absolute atomic E-state index is 0.0833. The number of aromatic hydroxyl groups is 1. The summed E-state index contributed by atoms with van der Waals surface area (Å²) in [6.07, 6.45) is 6.38. The Hall–Kier alpha value is -2.80. The van der Waals surface area contributed by atoms with Gasteiger partial charge < -0.3 is 9.84 Å². The number of carbonyl (C=O) groups is 2. The lowest BCUT2D eigenvalue weighted by Gasteiger charge is -2.03. The number of hydrogen-bond acceptors (Lipinski definition) is 4. The molecule has 0 bridgehead atoms. The fraction of sp³-hybridized carbons (Fsp3) is 0.125. The zero-order chi connectivity index (χ0) is 14.5. The van der Waals surface area contributed by atoms with E-state index in [1.165, 1.54) is 25.1 Å². The molecule has 1 aromatic carbocycles. The number of esters is 1. The number of ether oxygens (including phenoxy) is 1. The zero-order valence-corrected chi connectivity index (χ0v) is 10.8. The van der Waals surface area contributed by atoms with Crippen LogP contribution in [0.25, 0.3) is 0 Å². The van der Waals surface area contributed by atoms with Crippen molar-refractivity contribution in [3.8, 4) is 23.3 Å². The topological polar surface area (TPSA) is 63.6 Å². The first-order valence-corrected chi connectivity index (χ1v) is 6.00. The quantitative estimate of drug-likeness (QED) is 0.294. The maximum atomic E-state index is 11.9. The SMILES string of the molecule is CC(=O)Oc1ccc(C(=O)C#CC2=CC=CC2)c(O)c1. The van der Waals surface area contributed by atoms with Gasteiger partial charge in [-0.2, -0.15) is 0 Å². The average Bonchev–Trinajstić information content (AvgIpc) is 2.88. The van der Waals surface area contributed by atoms with E-state index in [2.05, 4.69) is 11.8 Å². The van der Waals surface area contributed by atoms with Crippen molar-refractivity contribution in [2.24, 2.45) is 0 Å². The van der Waals surface area contributed by atoms with Crippen LogP contribution in [-0.2, 0) is 4.79 Å². The summed E-state index contributed by atoms with van der Waals surface area (Å²) < 4.78 is 4.81. The number of Topliss-reactive ketones (excluding diaryl/α,β-unsaturated/α-hetero) is 1. The normalized spacial score (nSPS) is 12.3. The van der Waals surface area contributed by atoms with Crippen LogP contribution in [0.5, 0.6) is 11.5 Å². The molecule has 4 nitrogen and oxygen atoms in total. The highest BCUT2D eigenvalue weighted by Gasteiger charge is 2.11. The van der Waals surface area contributed by atoms with Gasteiger partial charge in [0.25, 0.3) is 0 Å². The molecule has 0 fully saturated rings. The lowest BCUT2D eigenvalue weighted by atomic mass is 10.1. The molecule has 1 aliphatic rings. The monoisotopic (exact) mass is 268 g/mol. The van der Waals surface area contributed by atoms with E-state index < -0.39 is 11.8 Å². The fourth-order valence-electron chi connectivity index (χ4n) is 1.68. The van der Waals surface area contributed by atoms with Crippen LogP contribution >= 0.6 is 0 Å². The summed E-state index contributed by atoms with van der Waals surface area (Å²) in [6, 6.07) is 4.03. The largest absolute Gasteiger partial charge is 0.507 e. The van der Waals surface area contributed by atoms with Crippen LogP contribution in [-0.4, -0.2) is 16.9 Å². The molecule has 0 unspecified atom stereocenters. The van der Waals surface area contributed by atoms with Gasteiger partial charge in [0.1, 0.15) is 11.5 Å². The molecule has 0 saturated heterocycles. The summed E-state index contributed by atoms with van der Waals surface area (Å²) in [5, 5.41) is 9.76. The molecule has 0 atom stereocenters. The van der Waals surface area contributed by atoms with E-state index >= 15 is 0 Å². The summed E-state index contributed by atoms with van der Waals surface area (Å²) in [7, 11) is 0. The van der Waals surface area contributed by atoms with Crippen molar-refractivity contribution in [2.45, 2.75) is 13.3 Å². The van der Waals surface area contributed by atoms with Crippen molar-refractivity contribution in [1.29, 1.82) is 0 Å². The molecular weight excluding hydrogens is 256 g/mol. The van der Waals surface area contributed by atoms with Gasteiger partial charge in [0.15, 0.2) is 0 Å². The second-order valence-electron chi connectivity index (χ2n) is 4.18. The van der Waals surface area contributed by atoms with E-state index in [1.807, 2.05) is 18.2 Å². The third kappa shape index (κ3) is 3.36. The minimum Gasteiger partial charge on any atom is -0.507 e. The highest BCUT2D eigenvalue weighted by molar-refractivity contribution is 6.11. The molecule has 1 aliphatic carbocycles. The van der Waals surface area contributed by atoms with E-state index in [9.17, 15) is 14.7 Å². The van der Waals surface area contributed by atoms with Crippen molar-refractivity contribution in [3.05, 3.63) is 47.6 Å². The van der Waals surface area contributed by atoms with Gasteiger partial charge in [-0.3, -0.25) is 9.59 Å². The van der Waals surface area contributed by atoms with E-state index in [1.54, 1.807) is 0 Å². The standard InChI is InChI=1S/C16H12O4/c1-11(17)20-13-7-8-14(16(19)10-13)15(18)9-6-12-4-2-3-5-12/h2-4,7-8,10,19H,5H2,1H3. The molecule has 1 N–H and O–H groups in total. The first kappa shape index (κ1) is 13.6. The Balaban J connectivity index is 2.16. The van der Waals surface area contributed by atoms with Gasteiger partial charge in [0.2, 0.25) is 5.78 Å². The predicted molar refractivity (Wildman–Crippen MR) is 73.4 cm³/mol. The van der Waals surface area contributed by atoms with E-state index in [0.29, 0.717) is 0 Å². The van der Waals surface area contributed by atoms with Crippen LogP contribution in [0.15, 0.2) is 42.0 Å². The van der Waals surface area contributed by atoms with Crippen LogP contribution in [0.4, 0.5) is 0 Å². The number of benzene rings is 1. The summed E-state index contributed by atoms with van der Waals surface area (Å²) in [4.78, 5) is 22.7. The zero-order valence-electron chi connectivity index (χ0n) is 10.8. The van der Waals surface area contributed by atoms with Gasteiger partial charge in [0, 0.05) is 18.6 Å². The van der Waals surface area contributed by atoms with Gasteiger partial charge in [-0.25, -0.2) is 0 Å². The number of phenolic OH excluding ortho intramolecular Hbond substituents is 1. The highest BCUT2D eigenvalue weighted by atomic mass is 16.5. The van der Waals surface area contributed by atoms with Gasteiger partial charge in [0.05, 0.1) is 5.56 Å². The molecule has 0 amide bonds. The van der Waals surface area contributed by atoms with Gasteiger partial charge in [-0.1, -0.05) is 24.1 Å². The fourth-order valence-corrected chi connectivity index (χ4v) is 1.68. The summed E-state index contributed by atoms with van der Waals surface area (Å²) in [5.74, 6) is 4.18. The van der Waals surface area contributed by atoms with Crippen molar-refractivity contribution in [1.82, 2.24) is 0 Å². The minimum atomic E-state index is -0.496. The molecule has 0 saturated carbocycles. The molecule has 20 heavy (non-hydrogen) atoms. The Morgan fingerprint density at radius 3 is 2.75 bits per heavy atom. The average molecular weight is 268 g/mol. The molecule has 100 valence electrons. The maximum absolute atomic E-state index is 11.9. The van der Waals surface area contributed by atoms with E-state index in [4.69, 9.17) is 4.74 Å². The lowest BCUT2D eigenvalue weighted by molar-refractivity contribution is -0.131. The molecule has 0 spiro atoms. The number of ketones is 1. The summed E-state index contributed by atoms with van der Waals surface area (Å²) in [6.45, 7) is 1.25. The molecule has 0 aliphatic heterocycles. The summed E-state index contributed by atoms with van der Waals surface area (Å²) in [5.41, 5.74) is 0.939. The first-order valence-electron chi connectivity index (χ1n) is 6.00. The van der Waals surface area contributed by atoms with Gasteiger partial charge in [-0.05, 0) is 24.5 Å². The molecule has 0 heterocycles. The lowest BCUT2D eigenvalue weighted by Crippen LogP contribution is -2.02. The first-order chi connectivity index (χ1) is 9.56. The molecular formula is C16H12O4. The van der Waals surface area contributed by atoms with Crippen molar-refractivity contribution < 1.29 is 19.4 Å². The van der Waals surface area contributed by atoms with Gasteiger partial charge >= 0.3 is 5.97 Å². The van der Waals surface area contributed by atoms with Crippen molar-refractivity contribution in [3.63, 3.8) is 0 Å². The second kappa shape index (κ2) is 5.89. The number of allylic oxidation sites excluding steroid dienone is 4. The second-order valence-corrected chi connectivity index (χ2v) is 4.18. The highest BCUT2D eigenvalue weighted by Crippen LogP contribution is 2.24. The van der Waals surface area contributed by atoms with E-state index in [0.717, 1.165) is 12.0 Å². The molecule has 0 radical (unpaired) electrons. The third-order valence-corrected chi connectivity index (χ3v) is 2.58. The number of hydrogen-bond donors (Lipinski definition) is 1. The van der Waals surface area contributed by atoms with Crippen LogP contribution < -0.4 is 4.74 Å². The molecule has 4 heteroatoms. The van der Waals surface area contributed by atoms with Gasteiger partial charge in [-0.15, -0.1) is 0 Å². The Kier molecular flexibility index (Phi) is 4.02. The molecule has 1 aromatic rings. The Morgan fingerprint density at radius 1 is 1.35 bits per heavy atom.